The van der Waals surface area contributed by atoms with Crippen molar-refractivity contribution in [2.75, 3.05) is 0 Å². The molecule has 0 unspecified atom stereocenters. The van der Waals surface area contributed by atoms with E-state index in [4.69, 9.17) is 16.0 Å². The van der Waals surface area contributed by atoms with Gasteiger partial charge in [-0.2, -0.15) is 4.98 Å². The van der Waals surface area contributed by atoms with E-state index in [1.807, 2.05) is 0 Å². The van der Waals surface area contributed by atoms with Gasteiger partial charge in [-0.15, -0.1) is 0 Å². The number of hydrogen-bond donors (Lipinski definition) is 1. The molecule has 5 nitrogen and oxygen atoms in total. The van der Waals surface area contributed by atoms with E-state index >= 15 is 0 Å². The third kappa shape index (κ3) is 1.60. The van der Waals surface area contributed by atoms with Crippen molar-refractivity contribution in [1.29, 1.82) is 0 Å². The van der Waals surface area contributed by atoms with Crippen LogP contribution in [0.1, 0.15) is 0 Å². The number of benzene rings is 1. The first-order chi connectivity index (χ1) is 8.13. The molecule has 0 fully saturated rings. The van der Waals surface area contributed by atoms with E-state index in [-0.39, 0.29) is 11.5 Å². The maximum Gasteiger partial charge on any atom is 0.351 e. The summed E-state index contributed by atoms with van der Waals surface area (Å²) in [6.45, 7) is 0. The summed E-state index contributed by atoms with van der Waals surface area (Å²) in [7, 11) is 0. The number of H-pyrrole nitrogens is 1. The number of hydrogen-bond acceptors (Lipinski definition) is 4. The molecule has 0 bridgehead atoms. The second-order valence-electron chi connectivity index (χ2n) is 3.52. The van der Waals surface area contributed by atoms with E-state index in [1.165, 1.54) is 0 Å². The van der Waals surface area contributed by atoms with Crippen LogP contribution in [0.15, 0.2) is 38.3 Å². The highest BCUT2D eigenvalue weighted by atomic mass is 35.5. The van der Waals surface area contributed by atoms with Gasteiger partial charge in [-0.1, -0.05) is 11.6 Å². The van der Waals surface area contributed by atoms with Gasteiger partial charge in [0.2, 0.25) is 5.89 Å². The Bertz CT molecular complexity index is 806. The summed E-state index contributed by atoms with van der Waals surface area (Å²) in [6.07, 6.45) is 0. The third-order valence-corrected chi connectivity index (χ3v) is 2.62. The Kier molecular flexibility index (Phi) is 2.02. The fourth-order valence-corrected chi connectivity index (χ4v) is 1.78. The Morgan fingerprint density at radius 2 is 2.06 bits per heavy atom. The lowest BCUT2D eigenvalue weighted by Crippen LogP contribution is -2.24. The maximum atomic E-state index is 11.5. The summed E-state index contributed by atoms with van der Waals surface area (Å²) in [5.74, 6) is 0.00789. The molecule has 84 valence electrons. The van der Waals surface area contributed by atoms with Crippen LogP contribution in [0.2, 0.25) is 5.02 Å². The summed E-state index contributed by atoms with van der Waals surface area (Å²) in [6, 6.07) is 6.62. The van der Waals surface area contributed by atoms with Crippen molar-refractivity contribution in [2.24, 2.45) is 0 Å². The lowest BCUT2D eigenvalue weighted by Gasteiger charge is -2.04. The topological polar surface area (TPSA) is 76.0 Å². The van der Waals surface area contributed by atoms with Gasteiger partial charge in [-0.05, 0) is 18.2 Å². The number of nitrogens with one attached hydrogen (secondary N) is 1. The number of fused-ring (bicyclic) bond motifs is 2. The van der Waals surface area contributed by atoms with Crippen molar-refractivity contribution in [3.8, 4) is 11.5 Å². The van der Waals surface area contributed by atoms with Crippen LogP contribution in [0.3, 0.4) is 0 Å². The second-order valence-corrected chi connectivity index (χ2v) is 3.95. The maximum absolute atomic E-state index is 11.5. The largest absolute Gasteiger partial charge is 0.437 e. The van der Waals surface area contributed by atoms with Gasteiger partial charge in [0.15, 0.2) is 0 Å². The zero-order valence-corrected chi connectivity index (χ0v) is 9.12. The molecular weight excluding hydrogens is 244 g/mol. The van der Waals surface area contributed by atoms with Crippen LogP contribution in [0, 0.1) is 0 Å². The van der Waals surface area contributed by atoms with Crippen molar-refractivity contribution >= 4 is 22.6 Å². The van der Waals surface area contributed by atoms with Crippen LogP contribution in [-0.2, 0) is 0 Å². The first-order valence-corrected chi connectivity index (χ1v) is 5.15. The number of nitrogens with zero attached hydrogens (tertiary/aromatic N) is 1. The molecule has 0 aromatic heterocycles. The zero-order chi connectivity index (χ0) is 12.0. The fraction of sp³-hybridized carbons (Fsp3) is 0. The van der Waals surface area contributed by atoms with Crippen molar-refractivity contribution in [3.63, 3.8) is 0 Å². The first kappa shape index (κ1) is 10.0. The van der Waals surface area contributed by atoms with E-state index in [0.29, 0.717) is 16.0 Å². The smallest absolute Gasteiger partial charge is 0.351 e. The number of aromatic amines is 1. The molecule has 0 saturated carbocycles. The lowest BCUT2D eigenvalue weighted by atomic mass is 10.2. The zero-order valence-electron chi connectivity index (χ0n) is 8.36. The van der Waals surface area contributed by atoms with E-state index < -0.39 is 11.2 Å². The molecule has 0 radical (unpaired) electrons. The minimum absolute atomic E-state index is 0.00789. The standard InChI is InChI=1S/C11H5ClN2O3/c12-6-2-1-5-3-7-9(15)13-11(16)14-10(7)17-8(5)4-6/h1-4H,(H,13,15,16). The van der Waals surface area contributed by atoms with Gasteiger partial charge in [0.1, 0.15) is 11.1 Å². The molecule has 2 aliphatic rings. The Labute approximate surface area is 99.0 Å². The van der Waals surface area contributed by atoms with Crippen LogP contribution < -0.4 is 11.2 Å². The lowest BCUT2D eigenvalue weighted by molar-refractivity contribution is 0.592. The van der Waals surface area contributed by atoms with E-state index in [2.05, 4.69) is 9.97 Å². The van der Waals surface area contributed by atoms with Crippen molar-refractivity contribution < 1.29 is 4.42 Å². The fourth-order valence-electron chi connectivity index (χ4n) is 1.62. The van der Waals surface area contributed by atoms with Gasteiger partial charge in [0.05, 0.1) is 0 Å². The molecule has 0 amide bonds. The quantitative estimate of drug-likeness (QED) is 0.614. The van der Waals surface area contributed by atoms with Gasteiger partial charge in [-0.25, -0.2) is 4.79 Å². The summed E-state index contributed by atoms with van der Waals surface area (Å²) < 4.78 is 5.37. The predicted molar refractivity (Wildman–Crippen MR) is 62.5 cm³/mol. The Morgan fingerprint density at radius 1 is 1.24 bits per heavy atom. The van der Waals surface area contributed by atoms with Crippen LogP contribution in [0.4, 0.5) is 0 Å². The molecular formula is C11H5ClN2O3. The number of aromatic nitrogens is 2. The van der Waals surface area contributed by atoms with E-state index in [0.717, 1.165) is 0 Å². The van der Waals surface area contributed by atoms with Crippen molar-refractivity contribution in [1.82, 2.24) is 9.97 Å². The highest BCUT2D eigenvalue weighted by Gasteiger charge is 2.13. The van der Waals surface area contributed by atoms with Crippen LogP contribution in [0.5, 0.6) is 0 Å². The SMILES string of the molecule is O=c1nc2oc3cc(Cl)ccc3cc-2c(=O)[nH]1. The van der Waals surface area contributed by atoms with Crippen molar-refractivity contribution in [2.45, 2.75) is 0 Å². The van der Waals surface area contributed by atoms with Gasteiger partial charge >= 0.3 is 5.69 Å². The van der Waals surface area contributed by atoms with Crippen molar-refractivity contribution in [3.05, 3.63) is 50.1 Å². The molecule has 6 heteroatoms. The summed E-state index contributed by atoms with van der Waals surface area (Å²) in [4.78, 5) is 28.3. The molecule has 0 atom stereocenters. The first-order valence-electron chi connectivity index (χ1n) is 4.77. The van der Waals surface area contributed by atoms with Gasteiger partial charge in [-0.3, -0.25) is 9.78 Å². The number of rotatable bonds is 0. The molecule has 1 aromatic carbocycles. The molecule has 17 heavy (non-hydrogen) atoms. The number of halogens is 1. The molecule has 2 heterocycles. The summed E-state index contributed by atoms with van der Waals surface area (Å²) in [5.41, 5.74) is -0.532. The molecule has 1 aromatic rings. The molecule has 3 rings (SSSR count). The van der Waals surface area contributed by atoms with Crippen LogP contribution in [0.25, 0.3) is 22.4 Å². The predicted octanol–water partition coefficient (Wildman–Crippen LogP) is 1.63. The van der Waals surface area contributed by atoms with Gasteiger partial charge in [0, 0.05) is 16.5 Å². The minimum atomic E-state index is -0.729. The van der Waals surface area contributed by atoms with Gasteiger partial charge in [0.25, 0.3) is 5.56 Å². The Balaban J connectivity index is 2.53. The third-order valence-electron chi connectivity index (χ3n) is 2.38. The highest BCUT2D eigenvalue weighted by Crippen LogP contribution is 2.25. The average Bonchev–Trinajstić information content (AvgIpc) is 2.26. The van der Waals surface area contributed by atoms with Crippen LogP contribution in [-0.4, -0.2) is 9.97 Å². The average molecular weight is 249 g/mol. The normalized spacial score (nSPS) is 11.1. The highest BCUT2D eigenvalue weighted by molar-refractivity contribution is 6.31. The Hall–Kier alpha value is -2.14. The molecule has 2 aliphatic heterocycles. The van der Waals surface area contributed by atoms with Gasteiger partial charge < -0.3 is 4.42 Å². The molecule has 0 saturated heterocycles. The minimum Gasteiger partial charge on any atom is -0.437 e. The van der Waals surface area contributed by atoms with E-state index in [9.17, 15) is 9.59 Å². The summed E-state index contributed by atoms with van der Waals surface area (Å²) in [5, 5.41) is 1.22. The second kappa shape index (κ2) is 3.43. The van der Waals surface area contributed by atoms with Crippen LogP contribution >= 0.6 is 11.6 Å². The Morgan fingerprint density at radius 3 is 2.88 bits per heavy atom. The monoisotopic (exact) mass is 248 g/mol. The molecule has 0 aliphatic carbocycles. The molecule has 1 N–H and O–H groups in total. The van der Waals surface area contributed by atoms with E-state index in [1.54, 1.807) is 24.3 Å². The molecule has 0 spiro atoms. The summed E-state index contributed by atoms with van der Waals surface area (Å²) >= 11 is 5.82.